The molecule has 0 atom stereocenters. The van der Waals surface area contributed by atoms with Crippen molar-refractivity contribution >= 4 is 49.5 Å². The van der Waals surface area contributed by atoms with E-state index in [1.165, 1.54) is 6.08 Å². The average Bonchev–Trinajstić information content (AvgIpc) is 2.57. The SMILES string of the molecule is CCOc1ccc(Br)cc1/C=C(/C#N)C(=O)Nc1ccc(Br)cc1. The van der Waals surface area contributed by atoms with Gasteiger partial charge in [-0.05, 0) is 55.5 Å². The fourth-order valence-electron chi connectivity index (χ4n) is 1.95. The van der Waals surface area contributed by atoms with E-state index >= 15 is 0 Å². The zero-order chi connectivity index (χ0) is 17.5. The second-order valence-electron chi connectivity index (χ2n) is 4.75. The normalized spacial score (nSPS) is 10.8. The van der Waals surface area contributed by atoms with Crippen molar-refractivity contribution in [3.05, 3.63) is 62.5 Å². The van der Waals surface area contributed by atoms with Crippen molar-refractivity contribution < 1.29 is 9.53 Å². The number of hydrogen-bond donors (Lipinski definition) is 1. The smallest absolute Gasteiger partial charge is 0.266 e. The van der Waals surface area contributed by atoms with E-state index in [1.807, 2.05) is 31.2 Å². The summed E-state index contributed by atoms with van der Waals surface area (Å²) in [5.74, 6) is 0.145. The first-order chi connectivity index (χ1) is 11.5. The van der Waals surface area contributed by atoms with E-state index in [0.29, 0.717) is 23.6 Å². The van der Waals surface area contributed by atoms with Gasteiger partial charge in [0.1, 0.15) is 17.4 Å². The molecule has 2 rings (SSSR count). The molecule has 0 radical (unpaired) electrons. The van der Waals surface area contributed by atoms with Crippen LogP contribution in [0.25, 0.3) is 6.08 Å². The van der Waals surface area contributed by atoms with Gasteiger partial charge < -0.3 is 10.1 Å². The van der Waals surface area contributed by atoms with Gasteiger partial charge in [0.2, 0.25) is 0 Å². The first kappa shape index (κ1) is 18.2. The minimum atomic E-state index is -0.470. The van der Waals surface area contributed by atoms with Crippen molar-refractivity contribution in [1.29, 1.82) is 5.26 Å². The standard InChI is InChI=1S/C18H14Br2N2O2/c1-2-24-17-8-5-15(20)10-12(17)9-13(11-21)18(23)22-16-6-3-14(19)4-7-16/h3-10H,2H2,1H3,(H,22,23)/b13-9-. The summed E-state index contributed by atoms with van der Waals surface area (Å²) in [5.41, 5.74) is 1.27. The predicted octanol–water partition coefficient (Wildman–Crippen LogP) is 5.16. The molecule has 24 heavy (non-hydrogen) atoms. The van der Waals surface area contributed by atoms with Crippen molar-refractivity contribution in [3.63, 3.8) is 0 Å². The number of rotatable bonds is 5. The third kappa shape index (κ3) is 4.95. The fourth-order valence-corrected chi connectivity index (χ4v) is 2.60. The number of benzene rings is 2. The van der Waals surface area contributed by atoms with Gasteiger partial charge in [-0.1, -0.05) is 31.9 Å². The summed E-state index contributed by atoms with van der Waals surface area (Å²) in [5, 5.41) is 12.0. The molecule has 0 saturated carbocycles. The lowest BCUT2D eigenvalue weighted by molar-refractivity contribution is -0.112. The summed E-state index contributed by atoms with van der Waals surface area (Å²) >= 11 is 6.72. The van der Waals surface area contributed by atoms with E-state index in [1.54, 1.807) is 24.3 Å². The molecule has 0 heterocycles. The molecule has 0 aromatic heterocycles. The average molecular weight is 450 g/mol. The van der Waals surface area contributed by atoms with Crippen LogP contribution < -0.4 is 10.1 Å². The van der Waals surface area contributed by atoms with Gasteiger partial charge in [0.05, 0.1) is 6.61 Å². The summed E-state index contributed by atoms with van der Waals surface area (Å²) < 4.78 is 7.28. The lowest BCUT2D eigenvalue weighted by Crippen LogP contribution is -2.13. The molecule has 1 amide bonds. The molecule has 0 spiro atoms. The van der Waals surface area contributed by atoms with E-state index in [0.717, 1.165) is 8.95 Å². The van der Waals surface area contributed by atoms with E-state index < -0.39 is 5.91 Å². The molecule has 0 bridgehead atoms. The molecule has 6 heteroatoms. The van der Waals surface area contributed by atoms with Crippen LogP contribution in [0.3, 0.4) is 0 Å². The summed E-state index contributed by atoms with van der Waals surface area (Å²) in [6, 6.07) is 14.5. The Balaban J connectivity index is 2.28. The second-order valence-corrected chi connectivity index (χ2v) is 6.58. The lowest BCUT2D eigenvalue weighted by atomic mass is 10.1. The monoisotopic (exact) mass is 448 g/mol. The number of hydrogen-bond acceptors (Lipinski definition) is 3. The third-order valence-corrected chi connectivity index (χ3v) is 4.06. The van der Waals surface area contributed by atoms with Gasteiger partial charge in [-0.2, -0.15) is 5.26 Å². The van der Waals surface area contributed by atoms with Crippen LogP contribution in [0.2, 0.25) is 0 Å². The summed E-state index contributed by atoms with van der Waals surface area (Å²) in [7, 11) is 0. The number of anilines is 1. The van der Waals surface area contributed by atoms with E-state index in [2.05, 4.69) is 37.2 Å². The maximum Gasteiger partial charge on any atom is 0.266 e. The Hall–Kier alpha value is -2.10. The van der Waals surface area contributed by atoms with Crippen molar-refractivity contribution in [1.82, 2.24) is 0 Å². The third-order valence-electron chi connectivity index (χ3n) is 3.04. The fraction of sp³-hybridized carbons (Fsp3) is 0.111. The van der Waals surface area contributed by atoms with E-state index in [9.17, 15) is 10.1 Å². The highest BCUT2D eigenvalue weighted by atomic mass is 79.9. The first-order valence-electron chi connectivity index (χ1n) is 7.14. The van der Waals surface area contributed by atoms with E-state index in [4.69, 9.17) is 4.74 Å². The zero-order valence-corrected chi connectivity index (χ0v) is 16.0. The Morgan fingerprint density at radius 2 is 1.88 bits per heavy atom. The molecule has 1 N–H and O–H groups in total. The van der Waals surface area contributed by atoms with Gasteiger partial charge in [-0.15, -0.1) is 0 Å². The minimum Gasteiger partial charge on any atom is -0.493 e. The molecule has 2 aromatic rings. The molecule has 0 unspecified atom stereocenters. The summed E-state index contributed by atoms with van der Waals surface area (Å²) in [6.07, 6.45) is 1.52. The Morgan fingerprint density at radius 3 is 2.50 bits per heavy atom. The van der Waals surface area contributed by atoms with Crippen LogP contribution in [0.1, 0.15) is 12.5 Å². The second kappa shape index (κ2) is 8.67. The molecule has 4 nitrogen and oxygen atoms in total. The van der Waals surface area contributed by atoms with Gasteiger partial charge in [-0.25, -0.2) is 0 Å². The first-order valence-corrected chi connectivity index (χ1v) is 8.73. The molecule has 0 fully saturated rings. The highest BCUT2D eigenvalue weighted by molar-refractivity contribution is 9.10. The highest BCUT2D eigenvalue weighted by Crippen LogP contribution is 2.26. The highest BCUT2D eigenvalue weighted by Gasteiger charge is 2.12. The minimum absolute atomic E-state index is 0.00280. The Morgan fingerprint density at radius 1 is 1.21 bits per heavy atom. The number of nitrogens with zero attached hydrogens (tertiary/aromatic N) is 1. The van der Waals surface area contributed by atoms with Crippen LogP contribution in [0, 0.1) is 11.3 Å². The van der Waals surface area contributed by atoms with Gasteiger partial charge in [0.15, 0.2) is 0 Å². The maximum absolute atomic E-state index is 12.3. The summed E-state index contributed by atoms with van der Waals surface area (Å²) in [6.45, 7) is 2.37. The van der Waals surface area contributed by atoms with Crippen LogP contribution >= 0.6 is 31.9 Å². The quantitative estimate of drug-likeness (QED) is 0.506. The van der Waals surface area contributed by atoms with Crippen molar-refractivity contribution in [3.8, 4) is 11.8 Å². The molecule has 0 saturated heterocycles. The molecular formula is C18H14Br2N2O2. The number of nitriles is 1. The van der Waals surface area contributed by atoms with Crippen LogP contribution in [0.15, 0.2) is 57.0 Å². The predicted molar refractivity (Wildman–Crippen MR) is 102 cm³/mol. The molecule has 122 valence electrons. The molecule has 0 aliphatic carbocycles. The van der Waals surface area contributed by atoms with Crippen molar-refractivity contribution in [2.24, 2.45) is 0 Å². The topological polar surface area (TPSA) is 62.1 Å². The molecule has 0 aliphatic heterocycles. The van der Waals surface area contributed by atoms with Crippen LogP contribution in [-0.2, 0) is 4.79 Å². The Bertz CT molecular complexity index is 809. The van der Waals surface area contributed by atoms with Crippen LogP contribution in [0.5, 0.6) is 5.75 Å². The molecular weight excluding hydrogens is 436 g/mol. The zero-order valence-electron chi connectivity index (χ0n) is 12.8. The summed E-state index contributed by atoms with van der Waals surface area (Å²) in [4.78, 5) is 12.3. The number of nitrogens with one attached hydrogen (secondary N) is 1. The number of amides is 1. The number of carbonyl (C=O) groups is 1. The largest absolute Gasteiger partial charge is 0.493 e. The number of halogens is 2. The van der Waals surface area contributed by atoms with Gasteiger partial charge in [-0.3, -0.25) is 4.79 Å². The van der Waals surface area contributed by atoms with Gasteiger partial charge in [0, 0.05) is 20.2 Å². The Kier molecular flexibility index (Phi) is 6.59. The molecule has 2 aromatic carbocycles. The lowest BCUT2D eigenvalue weighted by Gasteiger charge is -2.09. The van der Waals surface area contributed by atoms with Gasteiger partial charge >= 0.3 is 0 Å². The number of carbonyl (C=O) groups excluding carboxylic acids is 1. The molecule has 0 aliphatic rings. The van der Waals surface area contributed by atoms with Crippen LogP contribution in [-0.4, -0.2) is 12.5 Å². The van der Waals surface area contributed by atoms with Crippen LogP contribution in [0.4, 0.5) is 5.69 Å². The maximum atomic E-state index is 12.3. The Labute approximate surface area is 157 Å². The van der Waals surface area contributed by atoms with Gasteiger partial charge in [0.25, 0.3) is 5.91 Å². The van der Waals surface area contributed by atoms with E-state index in [-0.39, 0.29) is 5.57 Å². The number of ether oxygens (including phenoxy) is 1. The van der Waals surface area contributed by atoms with Crippen molar-refractivity contribution in [2.75, 3.05) is 11.9 Å². The van der Waals surface area contributed by atoms with Crippen molar-refractivity contribution in [2.45, 2.75) is 6.92 Å².